The van der Waals surface area contributed by atoms with Crippen molar-refractivity contribution in [3.8, 4) is 5.69 Å². The molecule has 0 amide bonds. The minimum atomic E-state index is -0.202. The number of carbonyl (C=O) groups excluding carboxylic acids is 1. The van der Waals surface area contributed by atoms with E-state index < -0.39 is 0 Å². The molecule has 1 aliphatic carbocycles. The number of nitrogens with zero attached hydrogens (tertiary/aromatic N) is 3. The van der Waals surface area contributed by atoms with Crippen LogP contribution in [-0.2, 0) is 11.3 Å². The lowest BCUT2D eigenvalue weighted by molar-refractivity contribution is -0.121. The fourth-order valence-electron chi connectivity index (χ4n) is 3.26. The molecule has 2 aromatic heterocycles. The van der Waals surface area contributed by atoms with Crippen molar-refractivity contribution >= 4 is 28.4 Å². The normalized spacial score (nSPS) is 14.6. The lowest BCUT2D eigenvalue weighted by Gasteiger charge is -2.24. The fraction of sp³-hybridized carbons (Fsp3) is 0.316. The summed E-state index contributed by atoms with van der Waals surface area (Å²) < 4.78 is 3.20. The Balaban J connectivity index is 1.69. The monoisotopic (exact) mass is 355 g/mol. The summed E-state index contributed by atoms with van der Waals surface area (Å²) in [6.07, 6.45) is 7.29. The molecule has 0 N–H and O–H groups in total. The zero-order valence-electron chi connectivity index (χ0n) is 13.7. The van der Waals surface area contributed by atoms with Gasteiger partial charge in [-0.3, -0.25) is 14.2 Å². The molecule has 0 saturated heterocycles. The summed E-state index contributed by atoms with van der Waals surface area (Å²) in [5.41, 5.74) is 1.72. The van der Waals surface area contributed by atoms with Crippen molar-refractivity contribution in [1.29, 1.82) is 0 Å². The van der Waals surface area contributed by atoms with Gasteiger partial charge in [0.25, 0.3) is 5.56 Å². The Morgan fingerprint density at radius 3 is 2.64 bits per heavy atom. The van der Waals surface area contributed by atoms with Gasteiger partial charge in [-0.25, -0.2) is 4.98 Å². The van der Waals surface area contributed by atoms with Crippen LogP contribution in [0.4, 0.5) is 0 Å². The summed E-state index contributed by atoms with van der Waals surface area (Å²) in [6.45, 7) is 0.0874. The maximum atomic E-state index is 12.9. The largest absolute Gasteiger partial charge is 0.311 e. The Kier molecular flexibility index (Phi) is 4.17. The Morgan fingerprint density at radius 2 is 1.96 bits per heavy atom. The van der Waals surface area contributed by atoms with Gasteiger partial charge in [-0.15, -0.1) is 0 Å². The summed E-state index contributed by atoms with van der Waals surface area (Å²) in [6, 6.07) is 9.05. The molecule has 128 valence electrons. The molecule has 0 radical (unpaired) electrons. The molecule has 0 aliphatic heterocycles. The van der Waals surface area contributed by atoms with E-state index >= 15 is 0 Å². The number of hydrogen-bond donors (Lipinski definition) is 0. The molecule has 0 spiro atoms. The van der Waals surface area contributed by atoms with Gasteiger partial charge in [0.2, 0.25) is 0 Å². The molecule has 2 heterocycles. The average Bonchev–Trinajstić information content (AvgIpc) is 2.99. The standard InChI is InChI=1S/C19H18ClN3O2/c20-14-4-6-15(7-5-14)23-9-8-17-18(23)19(25)22(12-21-17)11-16(24)10-13-2-1-3-13/h4-9,12-13H,1-3,10-11H2. The van der Waals surface area contributed by atoms with Crippen LogP contribution in [0.2, 0.25) is 5.02 Å². The van der Waals surface area contributed by atoms with E-state index in [1.165, 1.54) is 17.3 Å². The fourth-order valence-corrected chi connectivity index (χ4v) is 3.39. The number of Topliss-reactive ketones (excluding diaryl/α,β-unsaturated/α-hetero) is 1. The minimum Gasteiger partial charge on any atom is -0.311 e. The number of aromatic nitrogens is 3. The summed E-state index contributed by atoms with van der Waals surface area (Å²) in [4.78, 5) is 29.4. The van der Waals surface area contributed by atoms with Crippen LogP contribution in [0.5, 0.6) is 0 Å². The van der Waals surface area contributed by atoms with Crippen LogP contribution in [0, 0.1) is 5.92 Å². The highest BCUT2D eigenvalue weighted by Crippen LogP contribution is 2.29. The highest BCUT2D eigenvalue weighted by molar-refractivity contribution is 6.30. The lowest BCUT2D eigenvalue weighted by Crippen LogP contribution is -2.27. The van der Waals surface area contributed by atoms with Gasteiger partial charge in [0, 0.05) is 23.3 Å². The van der Waals surface area contributed by atoms with Crippen molar-refractivity contribution in [2.45, 2.75) is 32.2 Å². The number of rotatable bonds is 5. The van der Waals surface area contributed by atoms with Crippen LogP contribution in [0.15, 0.2) is 47.7 Å². The van der Waals surface area contributed by atoms with Gasteiger partial charge in [-0.1, -0.05) is 30.9 Å². The van der Waals surface area contributed by atoms with Gasteiger partial charge in [0.05, 0.1) is 18.4 Å². The van der Waals surface area contributed by atoms with E-state index in [0.29, 0.717) is 28.4 Å². The zero-order chi connectivity index (χ0) is 17.4. The van der Waals surface area contributed by atoms with E-state index in [9.17, 15) is 9.59 Å². The van der Waals surface area contributed by atoms with Gasteiger partial charge in [0.15, 0.2) is 5.78 Å². The van der Waals surface area contributed by atoms with Gasteiger partial charge in [-0.2, -0.15) is 0 Å². The summed E-state index contributed by atoms with van der Waals surface area (Å²) in [5, 5.41) is 0.636. The Bertz CT molecular complexity index is 984. The van der Waals surface area contributed by atoms with Crippen molar-refractivity contribution in [3.05, 3.63) is 58.2 Å². The summed E-state index contributed by atoms with van der Waals surface area (Å²) in [5.74, 6) is 0.593. The molecule has 0 bridgehead atoms. The second-order valence-corrected chi connectivity index (χ2v) is 7.05. The van der Waals surface area contributed by atoms with Crippen molar-refractivity contribution < 1.29 is 4.79 Å². The first kappa shape index (κ1) is 16.1. The molecule has 1 fully saturated rings. The predicted octanol–water partition coefficient (Wildman–Crippen LogP) is 3.60. The predicted molar refractivity (Wildman–Crippen MR) is 97.3 cm³/mol. The second-order valence-electron chi connectivity index (χ2n) is 6.61. The van der Waals surface area contributed by atoms with Crippen LogP contribution < -0.4 is 5.56 Å². The highest BCUT2D eigenvalue weighted by atomic mass is 35.5. The first-order valence-corrected chi connectivity index (χ1v) is 8.84. The molecule has 1 saturated carbocycles. The molecule has 25 heavy (non-hydrogen) atoms. The molecule has 3 aromatic rings. The molecule has 0 unspecified atom stereocenters. The third-order valence-corrected chi connectivity index (χ3v) is 5.11. The van der Waals surface area contributed by atoms with Crippen molar-refractivity contribution in [2.75, 3.05) is 0 Å². The first-order chi connectivity index (χ1) is 12.1. The Labute approximate surface area is 149 Å². The van der Waals surface area contributed by atoms with Crippen LogP contribution in [0.3, 0.4) is 0 Å². The van der Waals surface area contributed by atoms with Gasteiger partial charge >= 0.3 is 0 Å². The third-order valence-electron chi connectivity index (χ3n) is 4.86. The average molecular weight is 356 g/mol. The smallest absolute Gasteiger partial charge is 0.278 e. The number of fused-ring (bicyclic) bond motifs is 1. The highest BCUT2D eigenvalue weighted by Gasteiger charge is 2.21. The topological polar surface area (TPSA) is 56.9 Å². The molecule has 4 rings (SSSR count). The van der Waals surface area contributed by atoms with Crippen LogP contribution in [-0.4, -0.2) is 19.9 Å². The third kappa shape index (κ3) is 3.12. The molecule has 1 aromatic carbocycles. The second kappa shape index (κ2) is 6.48. The maximum absolute atomic E-state index is 12.9. The van der Waals surface area contributed by atoms with E-state index in [1.54, 1.807) is 22.8 Å². The minimum absolute atomic E-state index is 0.0874. The number of ketones is 1. The lowest BCUT2D eigenvalue weighted by atomic mass is 9.82. The van der Waals surface area contributed by atoms with Crippen LogP contribution in [0.25, 0.3) is 16.7 Å². The number of hydrogen-bond acceptors (Lipinski definition) is 3. The van der Waals surface area contributed by atoms with Gasteiger partial charge < -0.3 is 4.57 Å². The quantitative estimate of drug-likeness (QED) is 0.702. The zero-order valence-corrected chi connectivity index (χ0v) is 14.4. The maximum Gasteiger partial charge on any atom is 0.278 e. The number of halogens is 1. The van der Waals surface area contributed by atoms with E-state index in [-0.39, 0.29) is 17.9 Å². The van der Waals surface area contributed by atoms with E-state index in [0.717, 1.165) is 18.5 Å². The number of carbonyl (C=O) groups is 1. The van der Waals surface area contributed by atoms with E-state index in [4.69, 9.17) is 11.6 Å². The van der Waals surface area contributed by atoms with E-state index in [1.807, 2.05) is 18.3 Å². The van der Waals surface area contributed by atoms with E-state index in [2.05, 4.69) is 4.98 Å². The molecular weight excluding hydrogens is 338 g/mol. The Morgan fingerprint density at radius 1 is 1.20 bits per heavy atom. The van der Waals surface area contributed by atoms with Crippen LogP contribution >= 0.6 is 11.6 Å². The molecular formula is C19H18ClN3O2. The van der Waals surface area contributed by atoms with Crippen LogP contribution in [0.1, 0.15) is 25.7 Å². The van der Waals surface area contributed by atoms with Crippen molar-refractivity contribution in [3.63, 3.8) is 0 Å². The SMILES string of the molecule is O=C(CC1CCC1)Cn1cnc2ccn(-c3ccc(Cl)cc3)c2c1=O. The van der Waals surface area contributed by atoms with Crippen molar-refractivity contribution in [2.24, 2.45) is 5.92 Å². The van der Waals surface area contributed by atoms with Crippen molar-refractivity contribution in [1.82, 2.24) is 14.1 Å². The first-order valence-electron chi connectivity index (χ1n) is 8.46. The molecule has 1 aliphatic rings. The molecule has 0 atom stereocenters. The Hall–Kier alpha value is -2.40. The molecule has 5 nitrogen and oxygen atoms in total. The van der Waals surface area contributed by atoms with Gasteiger partial charge in [-0.05, 0) is 36.2 Å². The summed E-state index contributed by atoms with van der Waals surface area (Å²) >= 11 is 5.94. The van der Waals surface area contributed by atoms with Gasteiger partial charge in [0.1, 0.15) is 5.52 Å². The summed E-state index contributed by atoms with van der Waals surface area (Å²) in [7, 11) is 0. The number of benzene rings is 1. The molecule has 6 heteroatoms.